The number of hydrogen-bond acceptors (Lipinski definition) is 4. The summed E-state index contributed by atoms with van der Waals surface area (Å²) < 4.78 is 4.87. The van der Waals surface area contributed by atoms with Gasteiger partial charge in [0.15, 0.2) is 4.77 Å². The Labute approximate surface area is 130 Å². The molecule has 108 valence electrons. The van der Waals surface area contributed by atoms with Crippen LogP contribution in [-0.4, -0.2) is 23.0 Å². The third-order valence-corrected chi connectivity index (χ3v) is 3.09. The van der Waals surface area contributed by atoms with Gasteiger partial charge in [0.25, 0.3) is 5.56 Å². The fourth-order valence-corrected chi connectivity index (χ4v) is 2.03. The molecule has 21 heavy (non-hydrogen) atoms. The molecule has 0 amide bonds. The van der Waals surface area contributed by atoms with Gasteiger partial charge >= 0.3 is 5.97 Å². The lowest BCUT2D eigenvalue weighted by Gasteiger charge is -2.06. The number of hydrogen-bond donors (Lipinski definition) is 2. The van der Waals surface area contributed by atoms with E-state index in [2.05, 4.69) is 9.97 Å². The first-order valence-corrected chi connectivity index (χ1v) is 6.68. The molecule has 0 spiro atoms. The molecule has 7 heteroatoms. The van der Waals surface area contributed by atoms with Gasteiger partial charge in [-0.25, -0.2) is 4.79 Å². The number of carbonyl (C=O) groups is 1. The number of esters is 1. The van der Waals surface area contributed by atoms with Gasteiger partial charge in [-0.15, -0.1) is 0 Å². The zero-order valence-corrected chi connectivity index (χ0v) is 12.5. The van der Waals surface area contributed by atoms with E-state index in [9.17, 15) is 9.59 Å². The summed E-state index contributed by atoms with van der Waals surface area (Å²) in [5.74, 6) is -0.582. The molecule has 1 heterocycles. The van der Waals surface area contributed by atoms with Crippen molar-refractivity contribution in [3.8, 4) is 0 Å². The van der Waals surface area contributed by atoms with Crippen LogP contribution < -0.4 is 5.56 Å². The fourth-order valence-electron chi connectivity index (χ4n) is 1.70. The van der Waals surface area contributed by atoms with E-state index < -0.39 is 11.5 Å². The molecule has 0 fully saturated rings. The summed E-state index contributed by atoms with van der Waals surface area (Å²) in [6, 6.07) is 8.12. The van der Waals surface area contributed by atoms with Gasteiger partial charge in [-0.05, 0) is 36.0 Å². The van der Waals surface area contributed by atoms with Crippen LogP contribution in [0.5, 0.6) is 0 Å². The number of H-pyrrole nitrogens is 2. The molecule has 0 atom stereocenters. The van der Waals surface area contributed by atoms with Crippen LogP contribution in [0.1, 0.15) is 11.3 Å². The van der Waals surface area contributed by atoms with Gasteiger partial charge in [-0.2, -0.15) is 0 Å². The Morgan fingerprint density at radius 1 is 1.29 bits per heavy atom. The van der Waals surface area contributed by atoms with Crippen molar-refractivity contribution in [3.05, 3.63) is 61.7 Å². The SMILES string of the molecule is COC(=O)/C(=C\c1ccc(Cl)cc1)c1cc(=O)[nH]c(=S)[nH]1. The maximum absolute atomic E-state index is 11.9. The predicted octanol–water partition coefficient (Wildman–Crippen LogP) is 2.80. The maximum atomic E-state index is 11.9. The van der Waals surface area contributed by atoms with E-state index in [1.54, 1.807) is 30.3 Å². The lowest BCUT2D eigenvalue weighted by molar-refractivity contribution is -0.133. The molecule has 0 saturated carbocycles. The minimum atomic E-state index is -0.582. The van der Waals surface area contributed by atoms with Crippen molar-refractivity contribution >= 4 is 41.4 Å². The van der Waals surface area contributed by atoms with Gasteiger partial charge < -0.3 is 9.72 Å². The van der Waals surface area contributed by atoms with Crippen LogP contribution in [0.4, 0.5) is 0 Å². The van der Waals surface area contributed by atoms with Crippen LogP contribution >= 0.6 is 23.8 Å². The molecule has 0 unspecified atom stereocenters. The van der Waals surface area contributed by atoms with E-state index in [0.29, 0.717) is 5.02 Å². The molecule has 2 N–H and O–H groups in total. The largest absolute Gasteiger partial charge is 0.465 e. The minimum absolute atomic E-state index is 0.128. The molecule has 2 rings (SSSR count). The summed E-state index contributed by atoms with van der Waals surface area (Å²) in [6.45, 7) is 0. The second kappa shape index (κ2) is 6.51. The van der Waals surface area contributed by atoms with Crippen LogP contribution in [0.25, 0.3) is 11.6 Å². The highest BCUT2D eigenvalue weighted by Gasteiger charge is 2.14. The lowest BCUT2D eigenvalue weighted by Crippen LogP contribution is -2.12. The molecule has 1 aromatic carbocycles. The third kappa shape index (κ3) is 3.90. The number of benzene rings is 1. The summed E-state index contributed by atoms with van der Waals surface area (Å²) in [5.41, 5.74) is 0.807. The van der Waals surface area contributed by atoms with Crippen molar-refractivity contribution in [2.75, 3.05) is 7.11 Å². The quantitative estimate of drug-likeness (QED) is 0.517. The average Bonchev–Trinajstić information content (AvgIpc) is 2.44. The van der Waals surface area contributed by atoms with E-state index in [0.717, 1.165) is 5.56 Å². The summed E-state index contributed by atoms with van der Waals surface area (Å²) in [6.07, 6.45) is 1.59. The highest BCUT2D eigenvalue weighted by Crippen LogP contribution is 2.18. The van der Waals surface area contributed by atoms with Crippen LogP contribution in [-0.2, 0) is 9.53 Å². The Balaban J connectivity index is 2.58. The number of aromatic amines is 2. The van der Waals surface area contributed by atoms with Gasteiger partial charge in [0.2, 0.25) is 0 Å². The van der Waals surface area contributed by atoms with Crippen LogP contribution in [0, 0.1) is 4.77 Å². The second-order valence-corrected chi connectivity index (χ2v) is 4.95. The first-order chi connectivity index (χ1) is 9.99. The number of methoxy groups -OCH3 is 1. The van der Waals surface area contributed by atoms with Crippen molar-refractivity contribution in [2.45, 2.75) is 0 Å². The van der Waals surface area contributed by atoms with Crippen LogP contribution in [0.2, 0.25) is 5.02 Å². The van der Waals surface area contributed by atoms with E-state index in [4.69, 9.17) is 28.6 Å². The number of aromatic nitrogens is 2. The number of rotatable bonds is 3. The second-order valence-electron chi connectivity index (χ2n) is 4.10. The Morgan fingerprint density at radius 2 is 1.95 bits per heavy atom. The Bertz CT molecular complexity index is 778. The normalized spacial score (nSPS) is 11.2. The highest BCUT2D eigenvalue weighted by molar-refractivity contribution is 7.71. The molecular formula is C14H11ClN2O3S. The van der Waals surface area contributed by atoms with Gasteiger partial charge in [-0.1, -0.05) is 23.7 Å². The Kier molecular flexibility index (Phi) is 4.72. The van der Waals surface area contributed by atoms with Gasteiger partial charge in [0.05, 0.1) is 18.4 Å². The smallest absolute Gasteiger partial charge is 0.339 e. The van der Waals surface area contributed by atoms with Crippen molar-refractivity contribution in [2.24, 2.45) is 0 Å². The summed E-state index contributed by atoms with van der Waals surface area (Å²) in [7, 11) is 1.26. The molecule has 0 aliphatic rings. The number of ether oxygens (including phenoxy) is 1. The monoisotopic (exact) mass is 322 g/mol. The highest BCUT2D eigenvalue weighted by atomic mass is 35.5. The maximum Gasteiger partial charge on any atom is 0.339 e. The summed E-state index contributed by atoms with van der Waals surface area (Å²) in [4.78, 5) is 28.6. The number of halogens is 1. The average molecular weight is 323 g/mol. The van der Waals surface area contributed by atoms with Crippen molar-refractivity contribution < 1.29 is 9.53 Å². The topological polar surface area (TPSA) is 75.0 Å². The van der Waals surface area contributed by atoms with Crippen molar-refractivity contribution in [1.29, 1.82) is 0 Å². The van der Waals surface area contributed by atoms with Gasteiger partial charge in [0.1, 0.15) is 0 Å². The van der Waals surface area contributed by atoms with Gasteiger partial charge in [0, 0.05) is 11.1 Å². The van der Waals surface area contributed by atoms with Crippen LogP contribution in [0.3, 0.4) is 0 Å². The molecular weight excluding hydrogens is 312 g/mol. The van der Waals surface area contributed by atoms with E-state index in [-0.39, 0.29) is 16.0 Å². The first kappa shape index (κ1) is 15.2. The molecule has 0 aliphatic carbocycles. The molecule has 5 nitrogen and oxygen atoms in total. The number of carbonyl (C=O) groups excluding carboxylic acids is 1. The predicted molar refractivity (Wildman–Crippen MR) is 83.6 cm³/mol. The summed E-state index contributed by atoms with van der Waals surface area (Å²) in [5, 5.41) is 0.585. The summed E-state index contributed by atoms with van der Waals surface area (Å²) >= 11 is 10.7. The molecule has 1 aromatic heterocycles. The Hall–Kier alpha value is -2.18. The van der Waals surface area contributed by atoms with E-state index in [1.165, 1.54) is 13.2 Å². The molecule has 0 saturated heterocycles. The third-order valence-electron chi connectivity index (χ3n) is 2.64. The van der Waals surface area contributed by atoms with Crippen molar-refractivity contribution in [1.82, 2.24) is 9.97 Å². The van der Waals surface area contributed by atoms with Gasteiger partial charge in [-0.3, -0.25) is 9.78 Å². The number of nitrogens with one attached hydrogen (secondary N) is 2. The molecule has 0 aliphatic heterocycles. The van der Waals surface area contributed by atoms with E-state index in [1.807, 2.05) is 0 Å². The lowest BCUT2D eigenvalue weighted by atomic mass is 10.1. The first-order valence-electron chi connectivity index (χ1n) is 5.89. The molecule has 2 aromatic rings. The fraction of sp³-hybridized carbons (Fsp3) is 0.0714. The Morgan fingerprint density at radius 3 is 2.52 bits per heavy atom. The zero-order chi connectivity index (χ0) is 15.4. The van der Waals surface area contributed by atoms with Crippen LogP contribution in [0.15, 0.2) is 35.1 Å². The minimum Gasteiger partial charge on any atom is -0.465 e. The van der Waals surface area contributed by atoms with Crippen molar-refractivity contribution in [3.63, 3.8) is 0 Å². The molecule has 0 radical (unpaired) electrons. The molecule has 0 bridgehead atoms. The van der Waals surface area contributed by atoms with E-state index >= 15 is 0 Å². The zero-order valence-electron chi connectivity index (χ0n) is 11.0. The standard InChI is InChI=1S/C14H11ClN2O3S/c1-20-13(19)10(6-8-2-4-9(15)5-3-8)11-7-12(18)17-14(21)16-11/h2-7H,1H3,(H2,16,17,18,21)/b10-6-.